The molecule has 168 valence electrons. The minimum atomic E-state index is -0.900. The smallest absolute Gasteiger partial charge is 0.338 e. The first kappa shape index (κ1) is 24.3. The summed E-state index contributed by atoms with van der Waals surface area (Å²) in [4.78, 5) is 24.5. The van der Waals surface area contributed by atoms with E-state index in [1.54, 1.807) is 21.0 Å². The van der Waals surface area contributed by atoms with Crippen molar-refractivity contribution in [1.82, 2.24) is 5.32 Å². The fourth-order valence-corrected chi connectivity index (χ4v) is 3.42. The van der Waals surface area contributed by atoms with Gasteiger partial charge in [0.05, 0.1) is 6.10 Å². The topological polar surface area (TPSA) is 83.1 Å². The van der Waals surface area contributed by atoms with Crippen LogP contribution in [0.1, 0.15) is 52.5 Å². The van der Waals surface area contributed by atoms with E-state index in [1.165, 1.54) is 0 Å². The number of benzene rings is 1. The first-order chi connectivity index (χ1) is 14.2. The van der Waals surface area contributed by atoms with Crippen molar-refractivity contribution in [3.05, 3.63) is 35.9 Å². The monoisotopic (exact) mass is 421 g/mol. The fraction of sp³-hybridized carbons (Fsp3) is 0.652. The highest BCUT2D eigenvalue weighted by Gasteiger charge is 2.41. The van der Waals surface area contributed by atoms with Crippen LogP contribution in [0.2, 0.25) is 0 Å². The van der Waals surface area contributed by atoms with Crippen LogP contribution < -0.4 is 5.32 Å². The van der Waals surface area contributed by atoms with Crippen LogP contribution in [0, 0.1) is 5.92 Å². The van der Waals surface area contributed by atoms with Crippen LogP contribution in [-0.2, 0) is 35.1 Å². The quantitative estimate of drug-likeness (QED) is 0.519. The number of carbonyl (C=O) groups is 2. The van der Waals surface area contributed by atoms with E-state index in [1.807, 2.05) is 30.3 Å². The molecule has 7 heteroatoms. The van der Waals surface area contributed by atoms with Gasteiger partial charge in [0.2, 0.25) is 5.79 Å². The molecule has 1 heterocycles. The normalized spacial score (nSPS) is 20.1. The van der Waals surface area contributed by atoms with Crippen molar-refractivity contribution in [3.63, 3.8) is 0 Å². The number of hydrogen-bond donors (Lipinski definition) is 1. The van der Waals surface area contributed by atoms with Crippen molar-refractivity contribution < 1.29 is 28.5 Å². The Hall–Kier alpha value is -1.96. The summed E-state index contributed by atoms with van der Waals surface area (Å²) in [5.41, 5.74) is 0.958. The highest BCUT2D eigenvalue weighted by atomic mass is 16.8. The molecular formula is C23H35NO6. The van der Waals surface area contributed by atoms with Gasteiger partial charge in [0.1, 0.15) is 12.6 Å². The third-order valence-corrected chi connectivity index (χ3v) is 4.92. The number of carbonyl (C=O) groups excluding carboxylic acids is 2. The van der Waals surface area contributed by atoms with Gasteiger partial charge in [0.25, 0.3) is 0 Å². The Morgan fingerprint density at radius 3 is 2.50 bits per heavy atom. The summed E-state index contributed by atoms with van der Waals surface area (Å²) >= 11 is 0. The summed E-state index contributed by atoms with van der Waals surface area (Å²) in [6, 6.07) is 9.24. The molecule has 2 rings (SSSR count). The number of rotatable bonds is 12. The summed E-state index contributed by atoms with van der Waals surface area (Å²) in [7, 11) is 1.61. The Labute approximate surface area is 179 Å². The van der Waals surface area contributed by atoms with Gasteiger partial charge in [-0.05, 0) is 30.9 Å². The molecule has 0 amide bonds. The van der Waals surface area contributed by atoms with Crippen LogP contribution in [0.5, 0.6) is 0 Å². The van der Waals surface area contributed by atoms with Gasteiger partial charge in [-0.2, -0.15) is 0 Å². The third kappa shape index (κ3) is 8.05. The lowest BCUT2D eigenvalue weighted by Gasteiger charge is -2.22. The van der Waals surface area contributed by atoms with Crippen LogP contribution in [0.15, 0.2) is 30.3 Å². The number of nitrogens with one attached hydrogen (secondary N) is 1. The number of cyclic esters (lactones) is 1. The minimum Gasteiger partial charge on any atom is -0.460 e. The molecular weight excluding hydrogens is 386 g/mol. The second kappa shape index (κ2) is 11.4. The molecule has 3 atom stereocenters. The SMILES string of the molecule is COC(CCN[C@@H](CC(C)C)C(=O)OCc1ccccc1)C[C@H]1OC(C)(C)OC1=O. The van der Waals surface area contributed by atoms with E-state index >= 15 is 0 Å². The number of ether oxygens (including phenoxy) is 4. The third-order valence-electron chi connectivity index (χ3n) is 4.92. The summed E-state index contributed by atoms with van der Waals surface area (Å²) in [5, 5.41) is 3.29. The molecule has 0 aliphatic carbocycles. The average molecular weight is 422 g/mol. The molecule has 1 unspecified atom stereocenters. The molecule has 1 fully saturated rings. The first-order valence-electron chi connectivity index (χ1n) is 10.6. The molecule has 1 aliphatic rings. The van der Waals surface area contributed by atoms with Crippen LogP contribution in [-0.4, -0.2) is 49.6 Å². The standard InChI is InChI=1S/C23H35NO6/c1-16(2)13-19(21(25)28-15-17-9-7-6-8-10-17)24-12-11-18(27-5)14-20-22(26)30-23(3,4)29-20/h6-10,16,18-20,24H,11-15H2,1-5H3/t18?,19-,20+/m0/s1. The molecule has 1 saturated heterocycles. The van der Waals surface area contributed by atoms with Crippen molar-refractivity contribution in [2.75, 3.05) is 13.7 Å². The van der Waals surface area contributed by atoms with Gasteiger partial charge in [-0.15, -0.1) is 0 Å². The lowest BCUT2D eigenvalue weighted by atomic mass is 10.0. The van der Waals surface area contributed by atoms with Crippen molar-refractivity contribution in [1.29, 1.82) is 0 Å². The molecule has 0 saturated carbocycles. The second-order valence-electron chi connectivity index (χ2n) is 8.54. The highest BCUT2D eigenvalue weighted by molar-refractivity contribution is 5.76. The highest BCUT2D eigenvalue weighted by Crippen LogP contribution is 2.27. The molecule has 1 aromatic carbocycles. The number of esters is 2. The van der Waals surface area contributed by atoms with Gasteiger partial charge >= 0.3 is 11.9 Å². The second-order valence-corrected chi connectivity index (χ2v) is 8.54. The van der Waals surface area contributed by atoms with Gasteiger partial charge in [-0.1, -0.05) is 44.2 Å². The van der Waals surface area contributed by atoms with Gasteiger partial charge in [-0.3, -0.25) is 4.79 Å². The minimum absolute atomic E-state index is 0.191. The average Bonchev–Trinajstić information content (AvgIpc) is 2.96. The van der Waals surface area contributed by atoms with Crippen molar-refractivity contribution in [2.24, 2.45) is 5.92 Å². The van der Waals surface area contributed by atoms with Gasteiger partial charge in [0.15, 0.2) is 6.10 Å². The predicted molar refractivity (Wildman–Crippen MR) is 113 cm³/mol. The van der Waals surface area contributed by atoms with E-state index in [2.05, 4.69) is 19.2 Å². The molecule has 7 nitrogen and oxygen atoms in total. The summed E-state index contributed by atoms with van der Waals surface area (Å²) in [6.45, 7) is 8.39. The largest absolute Gasteiger partial charge is 0.460 e. The van der Waals surface area contributed by atoms with Crippen LogP contribution in [0.4, 0.5) is 0 Å². The summed E-state index contributed by atoms with van der Waals surface area (Å²) in [6.07, 6.45) is 0.895. The number of methoxy groups -OCH3 is 1. The zero-order valence-corrected chi connectivity index (χ0v) is 18.7. The Kier molecular flexibility index (Phi) is 9.27. The first-order valence-corrected chi connectivity index (χ1v) is 10.6. The van der Waals surface area contributed by atoms with Gasteiger partial charge in [-0.25, -0.2) is 4.79 Å². The lowest BCUT2D eigenvalue weighted by Crippen LogP contribution is -2.40. The number of hydrogen-bond acceptors (Lipinski definition) is 7. The van der Waals surface area contributed by atoms with Crippen LogP contribution in [0.3, 0.4) is 0 Å². The molecule has 30 heavy (non-hydrogen) atoms. The Morgan fingerprint density at radius 1 is 1.23 bits per heavy atom. The van der Waals surface area contributed by atoms with E-state index in [4.69, 9.17) is 18.9 Å². The maximum Gasteiger partial charge on any atom is 0.338 e. The van der Waals surface area contributed by atoms with Crippen molar-refractivity contribution in [2.45, 2.75) is 77.6 Å². The Morgan fingerprint density at radius 2 is 1.93 bits per heavy atom. The maximum absolute atomic E-state index is 12.6. The maximum atomic E-state index is 12.6. The molecule has 0 bridgehead atoms. The summed E-state index contributed by atoms with van der Waals surface area (Å²) < 4.78 is 21.9. The molecule has 0 spiro atoms. The van der Waals surface area contributed by atoms with Crippen molar-refractivity contribution in [3.8, 4) is 0 Å². The molecule has 1 aromatic rings. The van der Waals surface area contributed by atoms with Crippen LogP contribution in [0.25, 0.3) is 0 Å². The molecule has 1 aliphatic heterocycles. The van der Waals surface area contributed by atoms with Gasteiger partial charge < -0.3 is 24.3 Å². The fourth-order valence-electron chi connectivity index (χ4n) is 3.42. The lowest BCUT2D eigenvalue weighted by molar-refractivity contribution is -0.161. The zero-order valence-electron chi connectivity index (χ0n) is 18.7. The van der Waals surface area contributed by atoms with Crippen LogP contribution >= 0.6 is 0 Å². The Balaban J connectivity index is 1.82. The summed E-state index contributed by atoms with van der Waals surface area (Å²) in [5.74, 6) is -1.18. The Bertz CT molecular complexity index is 676. The molecule has 1 N–H and O–H groups in total. The van der Waals surface area contributed by atoms with E-state index in [9.17, 15) is 9.59 Å². The zero-order chi connectivity index (χ0) is 22.1. The van der Waals surface area contributed by atoms with E-state index < -0.39 is 17.9 Å². The van der Waals surface area contributed by atoms with E-state index in [0.717, 1.165) is 5.56 Å². The van der Waals surface area contributed by atoms with Crippen molar-refractivity contribution >= 4 is 11.9 Å². The van der Waals surface area contributed by atoms with E-state index in [0.29, 0.717) is 31.7 Å². The molecule has 0 radical (unpaired) electrons. The van der Waals surface area contributed by atoms with Gasteiger partial charge in [0, 0.05) is 27.4 Å². The predicted octanol–water partition coefficient (Wildman–Crippen LogP) is 3.21. The molecule has 0 aromatic heterocycles. The van der Waals surface area contributed by atoms with E-state index in [-0.39, 0.29) is 24.6 Å².